The van der Waals surface area contributed by atoms with Crippen molar-refractivity contribution in [1.82, 2.24) is 14.7 Å². The monoisotopic (exact) mass is 421 g/mol. The average molecular weight is 422 g/mol. The van der Waals surface area contributed by atoms with Gasteiger partial charge in [-0.25, -0.2) is 0 Å². The Kier molecular flexibility index (Phi) is 5.44. The van der Waals surface area contributed by atoms with Crippen molar-refractivity contribution in [2.24, 2.45) is 0 Å². The van der Waals surface area contributed by atoms with Gasteiger partial charge in [0.1, 0.15) is 5.70 Å². The van der Waals surface area contributed by atoms with Gasteiger partial charge in [0.2, 0.25) is 0 Å². The van der Waals surface area contributed by atoms with Crippen LogP contribution >= 0.6 is 11.3 Å². The molecule has 4 heterocycles. The van der Waals surface area contributed by atoms with Gasteiger partial charge in [-0.15, -0.1) is 11.3 Å². The molecule has 3 aliphatic heterocycles. The summed E-state index contributed by atoms with van der Waals surface area (Å²) < 4.78 is 0. The number of nitrogens with zero attached hydrogens (tertiary/aromatic N) is 3. The highest BCUT2D eigenvalue weighted by molar-refractivity contribution is 7.11. The molecule has 0 aliphatic carbocycles. The summed E-state index contributed by atoms with van der Waals surface area (Å²) in [4.78, 5) is 34.0. The quantitative estimate of drug-likeness (QED) is 0.692. The lowest BCUT2D eigenvalue weighted by atomic mass is 10.0. The third kappa shape index (κ3) is 3.59. The van der Waals surface area contributed by atoms with Gasteiger partial charge in [0.05, 0.1) is 5.57 Å². The molecule has 6 heteroatoms. The van der Waals surface area contributed by atoms with Gasteiger partial charge < -0.3 is 4.90 Å². The first-order valence-corrected chi connectivity index (χ1v) is 11.8. The van der Waals surface area contributed by atoms with E-state index in [1.165, 1.54) is 5.56 Å². The minimum atomic E-state index is -0.0918. The van der Waals surface area contributed by atoms with E-state index in [4.69, 9.17) is 0 Å². The second kappa shape index (κ2) is 8.36. The third-order valence-corrected chi connectivity index (χ3v) is 7.34. The first-order chi connectivity index (χ1) is 14.7. The summed E-state index contributed by atoms with van der Waals surface area (Å²) in [6, 6.07) is 14.4. The van der Waals surface area contributed by atoms with E-state index >= 15 is 0 Å². The van der Waals surface area contributed by atoms with Crippen LogP contribution in [0.15, 0.2) is 53.5 Å². The van der Waals surface area contributed by atoms with Crippen molar-refractivity contribution in [2.45, 2.75) is 38.3 Å². The SMILES string of the molecule is O=C1C(c2cccs2)=C(N2CCCC2)C(=O)N1C1CCN(Cc2ccccc2)CC1. The van der Waals surface area contributed by atoms with Gasteiger partial charge in [-0.1, -0.05) is 36.4 Å². The largest absolute Gasteiger partial charge is 0.366 e. The number of piperidine rings is 1. The predicted octanol–water partition coefficient (Wildman–Crippen LogP) is 3.59. The van der Waals surface area contributed by atoms with Gasteiger partial charge in [0, 0.05) is 43.6 Å². The summed E-state index contributed by atoms with van der Waals surface area (Å²) in [5.74, 6) is -0.169. The number of benzene rings is 1. The summed E-state index contributed by atoms with van der Waals surface area (Å²) in [7, 11) is 0. The van der Waals surface area contributed by atoms with Crippen molar-refractivity contribution in [2.75, 3.05) is 26.2 Å². The van der Waals surface area contributed by atoms with Gasteiger partial charge in [-0.2, -0.15) is 0 Å². The van der Waals surface area contributed by atoms with Crippen LogP contribution in [0.5, 0.6) is 0 Å². The highest BCUT2D eigenvalue weighted by Gasteiger charge is 2.45. The lowest BCUT2D eigenvalue weighted by molar-refractivity contribution is -0.141. The number of hydrogen-bond donors (Lipinski definition) is 0. The first kappa shape index (κ1) is 19.5. The molecule has 2 fully saturated rings. The van der Waals surface area contributed by atoms with E-state index in [0.717, 1.165) is 63.3 Å². The second-order valence-electron chi connectivity index (χ2n) is 8.37. The number of hydrogen-bond acceptors (Lipinski definition) is 5. The molecule has 1 aromatic heterocycles. The van der Waals surface area contributed by atoms with Crippen LogP contribution in [0.2, 0.25) is 0 Å². The Morgan fingerprint density at radius 3 is 2.27 bits per heavy atom. The van der Waals surface area contributed by atoms with Crippen LogP contribution in [0.25, 0.3) is 5.57 Å². The minimum Gasteiger partial charge on any atom is -0.366 e. The van der Waals surface area contributed by atoms with Crippen LogP contribution in [0, 0.1) is 0 Å². The molecule has 0 unspecified atom stereocenters. The maximum atomic E-state index is 13.5. The van der Waals surface area contributed by atoms with Crippen LogP contribution in [0.1, 0.15) is 36.1 Å². The standard InChI is InChI=1S/C24H27N3O2S/c28-23-21(20-9-6-16-30-20)22(26-12-4-5-13-26)24(29)27(23)19-10-14-25(15-11-19)17-18-7-2-1-3-8-18/h1-3,6-9,16,19H,4-5,10-15,17H2. The topological polar surface area (TPSA) is 43.9 Å². The number of rotatable bonds is 5. The molecule has 0 atom stereocenters. The molecule has 1 aromatic carbocycles. The van der Waals surface area contributed by atoms with Crippen molar-refractivity contribution in [1.29, 1.82) is 0 Å². The molecule has 156 valence electrons. The summed E-state index contributed by atoms with van der Waals surface area (Å²) in [5, 5.41) is 1.98. The molecular weight excluding hydrogens is 394 g/mol. The molecule has 5 nitrogen and oxygen atoms in total. The number of amides is 2. The highest BCUT2D eigenvalue weighted by Crippen LogP contribution is 2.37. The summed E-state index contributed by atoms with van der Waals surface area (Å²) >= 11 is 1.55. The Hall–Kier alpha value is -2.44. The fourth-order valence-electron chi connectivity index (χ4n) is 4.92. The number of thiophene rings is 1. The number of carbonyl (C=O) groups excluding carboxylic acids is 2. The third-order valence-electron chi connectivity index (χ3n) is 6.45. The maximum Gasteiger partial charge on any atom is 0.278 e. The fraction of sp³-hybridized carbons (Fsp3) is 0.417. The zero-order valence-electron chi connectivity index (χ0n) is 17.1. The molecule has 3 aliphatic rings. The van der Waals surface area contributed by atoms with E-state index in [1.807, 2.05) is 23.6 Å². The average Bonchev–Trinajstić information content (AvgIpc) is 3.51. The number of imide groups is 1. The molecule has 0 radical (unpaired) electrons. The number of carbonyl (C=O) groups is 2. The van der Waals surface area contributed by atoms with Crippen LogP contribution in [0.4, 0.5) is 0 Å². The molecule has 2 saturated heterocycles. The zero-order valence-corrected chi connectivity index (χ0v) is 17.9. The fourth-order valence-corrected chi connectivity index (χ4v) is 5.68. The van der Waals surface area contributed by atoms with Gasteiger partial charge in [-0.05, 0) is 42.7 Å². The first-order valence-electron chi connectivity index (χ1n) is 10.9. The molecule has 0 saturated carbocycles. The molecular formula is C24H27N3O2S. The molecule has 5 rings (SSSR count). The predicted molar refractivity (Wildman–Crippen MR) is 119 cm³/mol. The minimum absolute atomic E-state index is 0.00733. The van der Waals surface area contributed by atoms with Crippen molar-refractivity contribution >= 4 is 28.7 Å². The van der Waals surface area contributed by atoms with Crippen LogP contribution in [-0.2, 0) is 16.1 Å². The van der Waals surface area contributed by atoms with Gasteiger partial charge in [0.15, 0.2) is 0 Å². The smallest absolute Gasteiger partial charge is 0.278 e. The lowest BCUT2D eigenvalue weighted by Gasteiger charge is -2.36. The van der Waals surface area contributed by atoms with E-state index < -0.39 is 0 Å². The molecule has 30 heavy (non-hydrogen) atoms. The van der Waals surface area contributed by atoms with Gasteiger partial charge >= 0.3 is 0 Å². The van der Waals surface area contributed by atoms with E-state index in [0.29, 0.717) is 11.3 Å². The van der Waals surface area contributed by atoms with Crippen molar-refractivity contribution < 1.29 is 9.59 Å². The lowest BCUT2D eigenvalue weighted by Crippen LogP contribution is -2.48. The summed E-state index contributed by atoms with van der Waals surface area (Å²) in [6.07, 6.45) is 3.85. The van der Waals surface area contributed by atoms with Crippen molar-refractivity contribution in [3.8, 4) is 0 Å². The Morgan fingerprint density at radius 2 is 1.60 bits per heavy atom. The molecule has 2 aromatic rings. The van der Waals surface area contributed by atoms with Gasteiger partial charge in [-0.3, -0.25) is 19.4 Å². The van der Waals surface area contributed by atoms with E-state index in [-0.39, 0.29) is 17.9 Å². The van der Waals surface area contributed by atoms with E-state index in [9.17, 15) is 9.59 Å². The Labute approximate surface area is 181 Å². The van der Waals surface area contributed by atoms with Crippen molar-refractivity contribution in [3.63, 3.8) is 0 Å². The van der Waals surface area contributed by atoms with Crippen LogP contribution in [0.3, 0.4) is 0 Å². The maximum absolute atomic E-state index is 13.5. The summed E-state index contributed by atoms with van der Waals surface area (Å²) in [6.45, 7) is 4.47. The van der Waals surface area contributed by atoms with E-state index in [1.54, 1.807) is 16.2 Å². The molecule has 2 amide bonds. The normalized spacial score (nSPS) is 21.3. The summed E-state index contributed by atoms with van der Waals surface area (Å²) in [5.41, 5.74) is 2.58. The zero-order chi connectivity index (χ0) is 20.5. The Bertz CT molecular complexity index is 940. The molecule has 0 N–H and O–H groups in total. The molecule has 0 spiro atoms. The second-order valence-corrected chi connectivity index (χ2v) is 9.32. The van der Waals surface area contributed by atoms with Crippen LogP contribution < -0.4 is 0 Å². The van der Waals surface area contributed by atoms with E-state index in [2.05, 4.69) is 34.1 Å². The highest BCUT2D eigenvalue weighted by atomic mass is 32.1. The Morgan fingerprint density at radius 1 is 0.867 bits per heavy atom. The van der Waals surface area contributed by atoms with Crippen molar-refractivity contribution in [3.05, 3.63) is 64.0 Å². The number of likely N-dealkylation sites (tertiary alicyclic amines) is 2. The van der Waals surface area contributed by atoms with Gasteiger partial charge in [0.25, 0.3) is 11.8 Å². The van der Waals surface area contributed by atoms with Crippen LogP contribution in [-0.4, -0.2) is 58.7 Å². The Balaban J connectivity index is 1.32. The molecule has 0 bridgehead atoms.